The Labute approximate surface area is 103 Å². The van der Waals surface area contributed by atoms with E-state index in [4.69, 9.17) is 0 Å². The lowest BCUT2D eigenvalue weighted by Crippen LogP contribution is -2.53. The summed E-state index contributed by atoms with van der Waals surface area (Å²) in [4.78, 5) is 13.7. The highest BCUT2D eigenvalue weighted by molar-refractivity contribution is 5.79. The van der Waals surface area contributed by atoms with E-state index in [9.17, 15) is 9.90 Å². The molecule has 1 atom stereocenters. The number of carboxylic acid groups (broad SMARTS) is 1. The zero-order valence-electron chi connectivity index (χ0n) is 10.7. The Bertz CT molecular complexity index is 273. The molecule has 2 fully saturated rings. The maximum Gasteiger partial charge on any atom is 0.323 e. The fourth-order valence-corrected chi connectivity index (χ4v) is 2.71. The van der Waals surface area contributed by atoms with E-state index in [1.165, 1.54) is 32.4 Å². The lowest BCUT2D eigenvalue weighted by atomic mass is 9.96. The minimum absolute atomic E-state index is 0.335. The van der Waals surface area contributed by atoms with Crippen molar-refractivity contribution in [3.63, 3.8) is 0 Å². The summed E-state index contributed by atoms with van der Waals surface area (Å²) in [6, 6.07) is 0. The first-order valence-corrected chi connectivity index (χ1v) is 6.84. The molecule has 0 aromatic rings. The molecule has 1 saturated carbocycles. The molecule has 0 aromatic heterocycles. The van der Waals surface area contributed by atoms with Crippen LogP contribution < -0.4 is 5.32 Å². The Kier molecular flexibility index (Phi) is 4.05. The Morgan fingerprint density at radius 1 is 1.35 bits per heavy atom. The van der Waals surface area contributed by atoms with Gasteiger partial charge < -0.3 is 15.3 Å². The number of likely N-dealkylation sites (tertiary alicyclic amines) is 1. The second-order valence-electron chi connectivity index (χ2n) is 5.61. The van der Waals surface area contributed by atoms with Gasteiger partial charge in [0.05, 0.1) is 0 Å². The summed E-state index contributed by atoms with van der Waals surface area (Å²) in [6.07, 6.45) is 6.04. The molecular weight excluding hydrogens is 216 g/mol. The van der Waals surface area contributed by atoms with Gasteiger partial charge in [0.2, 0.25) is 0 Å². The SMILES string of the molecule is CC(NCCN1CCCCC1)(C(=O)O)C1CC1. The molecule has 1 aliphatic carbocycles. The van der Waals surface area contributed by atoms with E-state index in [-0.39, 0.29) is 0 Å². The van der Waals surface area contributed by atoms with Crippen LogP contribution in [0.2, 0.25) is 0 Å². The van der Waals surface area contributed by atoms with Crippen molar-refractivity contribution >= 4 is 5.97 Å². The van der Waals surface area contributed by atoms with Gasteiger partial charge in [-0.2, -0.15) is 0 Å². The zero-order chi connectivity index (χ0) is 12.3. The smallest absolute Gasteiger partial charge is 0.323 e. The van der Waals surface area contributed by atoms with Crippen LogP contribution in [0.25, 0.3) is 0 Å². The van der Waals surface area contributed by atoms with Gasteiger partial charge in [0.25, 0.3) is 0 Å². The van der Waals surface area contributed by atoms with Gasteiger partial charge in [0.1, 0.15) is 5.54 Å². The number of nitrogens with one attached hydrogen (secondary N) is 1. The van der Waals surface area contributed by atoms with E-state index >= 15 is 0 Å². The van der Waals surface area contributed by atoms with E-state index in [0.717, 1.165) is 25.9 Å². The third-order valence-electron chi connectivity index (χ3n) is 4.21. The van der Waals surface area contributed by atoms with Gasteiger partial charge in [-0.15, -0.1) is 0 Å². The Hall–Kier alpha value is -0.610. The van der Waals surface area contributed by atoms with Crippen molar-refractivity contribution in [3.05, 3.63) is 0 Å². The molecule has 0 spiro atoms. The molecule has 2 N–H and O–H groups in total. The number of rotatable bonds is 6. The Balaban J connectivity index is 1.73. The van der Waals surface area contributed by atoms with Gasteiger partial charge in [-0.1, -0.05) is 6.42 Å². The highest BCUT2D eigenvalue weighted by Crippen LogP contribution is 2.39. The molecule has 0 radical (unpaired) electrons. The van der Waals surface area contributed by atoms with Crippen LogP contribution in [0.4, 0.5) is 0 Å². The fourth-order valence-electron chi connectivity index (χ4n) is 2.71. The van der Waals surface area contributed by atoms with E-state index in [0.29, 0.717) is 5.92 Å². The van der Waals surface area contributed by atoms with Crippen LogP contribution in [0, 0.1) is 5.92 Å². The average Bonchev–Trinajstić information content (AvgIpc) is 3.14. The number of carboxylic acids is 1. The summed E-state index contributed by atoms with van der Waals surface area (Å²) in [5, 5.41) is 12.6. The Morgan fingerprint density at radius 3 is 2.53 bits per heavy atom. The quantitative estimate of drug-likeness (QED) is 0.735. The van der Waals surface area contributed by atoms with Crippen molar-refractivity contribution in [3.8, 4) is 0 Å². The van der Waals surface area contributed by atoms with Crippen molar-refractivity contribution in [1.29, 1.82) is 0 Å². The number of nitrogens with zero attached hydrogens (tertiary/aromatic N) is 1. The molecule has 17 heavy (non-hydrogen) atoms. The molecular formula is C13H24N2O2. The van der Waals surface area contributed by atoms with Crippen molar-refractivity contribution in [2.75, 3.05) is 26.2 Å². The molecule has 4 nitrogen and oxygen atoms in total. The predicted molar refractivity (Wildman–Crippen MR) is 67.1 cm³/mol. The average molecular weight is 240 g/mol. The van der Waals surface area contributed by atoms with Gasteiger partial charge in [-0.3, -0.25) is 4.79 Å². The highest BCUT2D eigenvalue weighted by atomic mass is 16.4. The first-order chi connectivity index (χ1) is 8.13. The number of hydrogen-bond donors (Lipinski definition) is 2. The molecule has 2 aliphatic rings. The molecule has 4 heteroatoms. The molecule has 0 aromatic carbocycles. The molecule has 2 rings (SSSR count). The topological polar surface area (TPSA) is 52.6 Å². The summed E-state index contributed by atoms with van der Waals surface area (Å²) < 4.78 is 0. The van der Waals surface area contributed by atoms with Crippen LogP contribution in [0.1, 0.15) is 39.0 Å². The molecule has 1 aliphatic heterocycles. The minimum atomic E-state index is -0.699. The Morgan fingerprint density at radius 2 is 2.00 bits per heavy atom. The third kappa shape index (κ3) is 3.19. The van der Waals surface area contributed by atoms with Gasteiger partial charge in [0, 0.05) is 13.1 Å². The normalized spacial score (nSPS) is 25.5. The van der Waals surface area contributed by atoms with E-state index in [2.05, 4.69) is 10.2 Å². The maximum atomic E-state index is 11.3. The molecule has 98 valence electrons. The molecule has 0 bridgehead atoms. The summed E-state index contributed by atoms with van der Waals surface area (Å²) in [5.74, 6) is -0.361. The third-order valence-corrected chi connectivity index (χ3v) is 4.21. The maximum absolute atomic E-state index is 11.3. The van der Waals surface area contributed by atoms with Crippen LogP contribution >= 0.6 is 0 Å². The van der Waals surface area contributed by atoms with Gasteiger partial charge in [0.15, 0.2) is 0 Å². The molecule has 1 heterocycles. The first kappa shape index (κ1) is 12.8. The van der Waals surface area contributed by atoms with Gasteiger partial charge >= 0.3 is 5.97 Å². The zero-order valence-corrected chi connectivity index (χ0v) is 10.7. The van der Waals surface area contributed by atoms with Crippen molar-refractivity contribution < 1.29 is 9.90 Å². The molecule has 1 unspecified atom stereocenters. The van der Waals surface area contributed by atoms with E-state index < -0.39 is 11.5 Å². The number of piperidine rings is 1. The number of hydrogen-bond acceptors (Lipinski definition) is 3. The van der Waals surface area contributed by atoms with E-state index in [1.54, 1.807) is 0 Å². The predicted octanol–water partition coefficient (Wildman–Crippen LogP) is 1.32. The summed E-state index contributed by atoms with van der Waals surface area (Å²) >= 11 is 0. The van der Waals surface area contributed by atoms with Crippen LogP contribution in [-0.4, -0.2) is 47.7 Å². The second kappa shape index (κ2) is 5.36. The van der Waals surface area contributed by atoms with Crippen molar-refractivity contribution in [1.82, 2.24) is 10.2 Å². The lowest BCUT2D eigenvalue weighted by Gasteiger charge is -2.30. The minimum Gasteiger partial charge on any atom is -0.480 e. The second-order valence-corrected chi connectivity index (χ2v) is 5.61. The highest BCUT2D eigenvalue weighted by Gasteiger charge is 2.46. The van der Waals surface area contributed by atoms with E-state index in [1.807, 2.05) is 6.92 Å². The summed E-state index contributed by atoms with van der Waals surface area (Å²) in [5.41, 5.74) is -0.699. The van der Waals surface area contributed by atoms with Crippen molar-refractivity contribution in [2.45, 2.75) is 44.6 Å². The van der Waals surface area contributed by atoms with Crippen LogP contribution in [-0.2, 0) is 4.79 Å². The largest absolute Gasteiger partial charge is 0.480 e. The fraction of sp³-hybridized carbons (Fsp3) is 0.923. The van der Waals surface area contributed by atoms with Crippen LogP contribution in [0.3, 0.4) is 0 Å². The monoisotopic (exact) mass is 240 g/mol. The van der Waals surface area contributed by atoms with Gasteiger partial charge in [-0.05, 0) is 51.6 Å². The lowest BCUT2D eigenvalue weighted by molar-refractivity contribution is -0.145. The summed E-state index contributed by atoms with van der Waals surface area (Å²) in [7, 11) is 0. The molecule has 0 amide bonds. The number of carbonyl (C=O) groups is 1. The van der Waals surface area contributed by atoms with Crippen molar-refractivity contribution in [2.24, 2.45) is 5.92 Å². The van der Waals surface area contributed by atoms with Crippen LogP contribution in [0.15, 0.2) is 0 Å². The van der Waals surface area contributed by atoms with Gasteiger partial charge in [-0.25, -0.2) is 0 Å². The number of aliphatic carboxylic acids is 1. The first-order valence-electron chi connectivity index (χ1n) is 6.84. The van der Waals surface area contributed by atoms with Crippen LogP contribution in [0.5, 0.6) is 0 Å². The standard InChI is InChI=1S/C13H24N2O2/c1-13(12(16)17,11-5-6-11)14-7-10-15-8-3-2-4-9-15/h11,14H,2-10H2,1H3,(H,16,17). The summed E-state index contributed by atoms with van der Waals surface area (Å²) in [6.45, 7) is 5.96. The molecule has 1 saturated heterocycles.